The van der Waals surface area contributed by atoms with Crippen LogP contribution in [0.4, 0.5) is 10.3 Å². The second-order valence-corrected chi connectivity index (χ2v) is 9.91. The highest BCUT2D eigenvalue weighted by molar-refractivity contribution is 7.93. The number of anilines is 1. The lowest BCUT2D eigenvalue weighted by Gasteiger charge is -2.20. The zero-order valence-corrected chi connectivity index (χ0v) is 21.0. The maximum Gasteiger partial charge on any atom is 0.276 e. The molecule has 0 aromatic carbocycles. The maximum atomic E-state index is 13.4. The molecule has 0 amide bonds. The summed E-state index contributed by atoms with van der Waals surface area (Å²) in [6.07, 6.45) is 3.31. The van der Waals surface area contributed by atoms with Crippen LogP contribution in [-0.4, -0.2) is 62.6 Å². The van der Waals surface area contributed by atoms with Crippen LogP contribution in [0.3, 0.4) is 0 Å². The van der Waals surface area contributed by atoms with E-state index in [1.165, 1.54) is 38.0 Å². The Labute approximate surface area is 210 Å². The van der Waals surface area contributed by atoms with Crippen LogP contribution in [0.2, 0.25) is 0 Å². The summed E-state index contributed by atoms with van der Waals surface area (Å²) in [5.41, 5.74) is -0.413. The molecule has 4 heterocycles. The molecule has 0 spiro atoms. The Hall–Kier alpha value is -4.40. The summed E-state index contributed by atoms with van der Waals surface area (Å²) in [6, 6.07) is 6.36. The Morgan fingerprint density at radius 3 is 2.49 bits per heavy atom. The second kappa shape index (κ2) is 10.3. The Kier molecular flexibility index (Phi) is 7.15. The lowest BCUT2D eigenvalue weighted by atomic mass is 10.1. The molecule has 0 aliphatic heterocycles. The normalized spacial score (nSPS) is 13.1. The zero-order chi connectivity index (χ0) is 26.7. The van der Waals surface area contributed by atoms with Gasteiger partial charge in [-0.15, -0.1) is 10.2 Å². The van der Waals surface area contributed by atoms with E-state index in [1.807, 2.05) is 0 Å². The van der Waals surface area contributed by atoms with E-state index in [2.05, 4.69) is 34.9 Å². The van der Waals surface area contributed by atoms with Crippen LogP contribution in [-0.2, 0) is 10.0 Å². The highest BCUT2D eigenvalue weighted by Crippen LogP contribution is 2.30. The van der Waals surface area contributed by atoms with Crippen molar-refractivity contribution in [2.45, 2.75) is 25.0 Å². The molecule has 4 aromatic rings. The van der Waals surface area contributed by atoms with E-state index in [0.29, 0.717) is 0 Å². The van der Waals surface area contributed by atoms with E-state index in [9.17, 15) is 17.6 Å². The Morgan fingerprint density at radius 1 is 1.08 bits per heavy atom. The van der Waals surface area contributed by atoms with Gasteiger partial charge in [0.25, 0.3) is 5.56 Å². The number of sulfonamides is 1. The van der Waals surface area contributed by atoms with Gasteiger partial charge >= 0.3 is 0 Å². The minimum absolute atomic E-state index is 0.0502. The summed E-state index contributed by atoms with van der Waals surface area (Å²) in [7, 11) is -1.36. The molecule has 0 bridgehead atoms. The molecule has 0 unspecified atom stereocenters. The van der Waals surface area contributed by atoms with Crippen LogP contribution >= 0.6 is 0 Å². The van der Waals surface area contributed by atoms with E-state index in [0.717, 1.165) is 12.4 Å². The summed E-state index contributed by atoms with van der Waals surface area (Å²) in [5, 5.41) is 7.02. The number of nitrogens with zero attached hydrogens (tertiary/aromatic N) is 6. The third kappa shape index (κ3) is 5.11. The molecular formula is C22H23FN8O5S. The van der Waals surface area contributed by atoms with Gasteiger partial charge in [0.2, 0.25) is 21.9 Å². The molecule has 4 rings (SSSR count). The Bertz CT molecular complexity index is 1570. The number of hydrogen-bond donors (Lipinski definition) is 2. The highest BCUT2D eigenvalue weighted by Gasteiger charge is 2.32. The number of nitrogens with one attached hydrogen (secondary N) is 2. The molecular weight excluding hydrogens is 507 g/mol. The van der Waals surface area contributed by atoms with Crippen LogP contribution in [0, 0.1) is 5.82 Å². The van der Waals surface area contributed by atoms with Gasteiger partial charge in [-0.1, -0.05) is 13.0 Å². The smallest absolute Gasteiger partial charge is 0.276 e. The molecule has 0 saturated carbocycles. The molecule has 2 N–H and O–H groups in total. The second-order valence-electron chi connectivity index (χ2n) is 7.87. The third-order valence-corrected chi connectivity index (χ3v) is 7.49. The van der Waals surface area contributed by atoms with Crippen molar-refractivity contribution in [1.82, 2.24) is 34.7 Å². The van der Waals surface area contributed by atoms with E-state index in [-0.39, 0.29) is 40.6 Å². The molecule has 4 aromatic heterocycles. The van der Waals surface area contributed by atoms with Crippen molar-refractivity contribution in [2.75, 3.05) is 18.9 Å². The summed E-state index contributed by atoms with van der Waals surface area (Å²) in [4.78, 5) is 27.5. The van der Waals surface area contributed by atoms with Crippen molar-refractivity contribution in [3.63, 3.8) is 0 Å². The van der Waals surface area contributed by atoms with Crippen LogP contribution in [0.5, 0.6) is 11.6 Å². The van der Waals surface area contributed by atoms with Crippen molar-refractivity contribution in [1.29, 1.82) is 0 Å². The molecule has 0 aliphatic rings. The van der Waals surface area contributed by atoms with Crippen molar-refractivity contribution < 1.29 is 22.3 Å². The lowest BCUT2D eigenvalue weighted by Crippen LogP contribution is -2.32. The lowest BCUT2D eigenvalue weighted by molar-refractivity contribution is 0.398. The van der Waals surface area contributed by atoms with Crippen LogP contribution < -0.4 is 19.8 Å². The van der Waals surface area contributed by atoms with Crippen molar-refractivity contribution in [2.24, 2.45) is 0 Å². The summed E-state index contributed by atoms with van der Waals surface area (Å²) in [6.45, 7) is 3.04. The van der Waals surface area contributed by atoms with Crippen LogP contribution in [0.1, 0.15) is 25.6 Å². The van der Waals surface area contributed by atoms with Gasteiger partial charge in [-0.2, -0.15) is 0 Å². The fraction of sp³-hybridized carbons (Fsp3) is 0.273. The van der Waals surface area contributed by atoms with E-state index in [4.69, 9.17) is 9.47 Å². The minimum Gasteiger partial charge on any atom is -0.494 e. The van der Waals surface area contributed by atoms with Gasteiger partial charge in [0.05, 0.1) is 31.9 Å². The monoisotopic (exact) mass is 530 g/mol. The molecule has 0 radical (unpaired) electrons. The SMILES string of the molecule is COc1cccc(-c2nnc(NS(=O)(=O)[C@H](C)[C@H](C)c3ncc(F)cn3)n2-c2c(OC)cc[nH]c2=O)n1. The third-order valence-electron chi connectivity index (χ3n) is 5.64. The molecule has 15 heteroatoms. The van der Waals surface area contributed by atoms with Crippen molar-refractivity contribution in [3.8, 4) is 28.8 Å². The van der Waals surface area contributed by atoms with Gasteiger partial charge in [0.15, 0.2) is 17.3 Å². The largest absolute Gasteiger partial charge is 0.494 e. The van der Waals surface area contributed by atoms with Crippen molar-refractivity contribution >= 4 is 16.0 Å². The molecule has 2 atom stereocenters. The van der Waals surface area contributed by atoms with Gasteiger partial charge in [0, 0.05) is 18.2 Å². The first-order chi connectivity index (χ1) is 17.7. The first-order valence-corrected chi connectivity index (χ1v) is 12.4. The number of pyridine rings is 2. The van der Waals surface area contributed by atoms with Crippen LogP contribution in [0.15, 0.2) is 47.7 Å². The van der Waals surface area contributed by atoms with Gasteiger partial charge in [0.1, 0.15) is 17.3 Å². The minimum atomic E-state index is -4.16. The number of halogens is 1. The quantitative estimate of drug-likeness (QED) is 0.326. The number of H-pyrrole nitrogens is 1. The summed E-state index contributed by atoms with van der Waals surface area (Å²) >= 11 is 0. The predicted molar refractivity (Wildman–Crippen MR) is 131 cm³/mol. The van der Waals surface area contributed by atoms with Gasteiger partial charge in [-0.25, -0.2) is 27.8 Å². The Morgan fingerprint density at radius 2 is 1.81 bits per heavy atom. The highest BCUT2D eigenvalue weighted by atomic mass is 32.2. The fourth-order valence-corrected chi connectivity index (χ4v) is 4.70. The summed E-state index contributed by atoms with van der Waals surface area (Å²) in [5.74, 6) is -1.05. The standard InChI is InChI=1S/C22H23FN8O5S/c1-12(19-25-10-14(23)11-26-19)13(2)37(33,34)30-22-29-28-20(15-6-5-7-17(27-15)36-4)31(22)18-16(35-3)8-9-24-21(18)32/h5-13H,1-4H3,(H,24,32)(H,29,30)/t12-,13+/m0/s1. The number of aromatic nitrogens is 7. The summed E-state index contributed by atoms with van der Waals surface area (Å²) < 4.78 is 54.1. The van der Waals surface area contributed by atoms with Gasteiger partial charge < -0.3 is 14.5 Å². The number of hydrogen-bond acceptors (Lipinski definition) is 10. The zero-order valence-electron chi connectivity index (χ0n) is 20.2. The van der Waals surface area contributed by atoms with E-state index in [1.54, 1.807) is 25.1 Å². The first-order valence-electron chi connectivity index (χ1n) is 10.9. The number of ether oxygens (including phenoxy) is 2. The number of methoxy groups -OCH3 is 2. The number of aromatic amines is 1. The topological polar surface area (TPSA) is 167 Å². The molecule has 194 valence electrons. The average molecular weight is 531 g/mol. The van der Waals surface area contributed by atoms with Crippen LogP contribution in [0.25, 0.3) is 17.2 Å². The van der Waals surface area contributed by atoms with Gasteiger partial charge in [-0.05, 0) is 19.1 Å². The van der Waals surface area contributed by atoms with E-state index >= 15 is 0 Å². The average Bonchev–Trinajstić information content (AvgIpc) is 3.30. The van der Waals surface area contributed by atoms with E-state index < -0.39 is 32.6 Å². The van der Waals surface area contributed by atoms with Crippen molar-refractivity contribution in [3.05, 3.63) is 64.9 Å². The molecule has 0 aliphatic carbocycles. The first kappa shape index (κ1) is 25.7. The Balaban J connectivity index is 1.82. The molecule has 37 heavy (non-hydrogen) atoms. The molecule has 0 saturated heterocycles. The van der Waals surface area contributed by atoms with Gasteiger partial charge in [-0.3, -0.25) is 14.1 Å². The number of rotatable bonds is 9. The predicted octanol–water partition coefficient (Wildman–Crippen LogP) is 1.90. The molecule has 13 nitrogen and oxygen atoms in total. The maximum absolute atomic E-state index is 13.4. The molecule has 0 fully saturated rings. The fourth-order valence-electron chi connectivity index (χ4n) is 3.47.